The summed E-state index contributed by atoms with van der Waals surface area (Å²) in [6, 6.07) is 0. The van der Waals surface area contributed by atoms with Gasteiger partial charge in [-0.2, -0.15) is 0 Å². The number of hydrogen-bond donors (Lipinski definition) is 0. The molecule has 3 aliphatic rings. The Kier molecular flexibility index (Phi) is 2.08. The van der Waals surface area contributed by atoms with E-state index in [4.69, 9.17) is 0 Å². The van der Waals surface area contributed by atoms with E-state index in [1.54, 1.807) is 0 Å². The van der Waals surface area contributed by atoms with Gasteiger partial charge in [0.05, 0.1) is 0 Å². The van der Waals surface area contributed by atoms with Crippen LogP contribution >= 0.6 is 0 Å². The molecule has 0 aromatic carbocycles. The molecule has 1 fully saturated rings. The Morgan fingerprint density at radius 1 is 0.786 bits per heavy atom. The SMILES string of the molecule is C1=CC2CC3C=CCCC3CC2C=C1. The third-order valence-corrected chi connectivity index (χ3v) is 4.19. The lowest BCUT2D eigenvalue weighted by Crippen LogP contribution is -2.31. The van der Waals surface area contributed by atoms with Crippen LogP contribution in [-0.2, 0) is 0 Å². The molecule has 0 heterocycles. The van der Waals surface area contributed by atoms with Crippen molar-refractivity contribution in [2.75, 3.05) is 0 Å². The Morgan fingerprint density at radius 3 is 2.43 bits per heavy atom. The molecular weight excluding hydrogens is 168 g/mol. The summed E-state index contributed by atoms with van der Waals surface area (Å²) in [6.45, 7) is 0. The van der Waals surface area contributed by atoms with Crippen LogP contribution in [0.2, 0.25) is 0 Å². The van der Waals surface area contributed by atoms with E-state index in [1.807, 2.05) is 0 Å². The zero-order valence-corrected chi connectivity index (χ0v) is 8.60. The molecule has 0 saturated heterocycles. The number of fused-ring (bicyclic) bond motifs is 2. The van der Waals surface area contributed by atoms with E-state index in [0.29, 0.717) is 0 Å². The molecule has 14 heavy (non-hydrogen) atoms. The lowest BCUT2D eigenvalue weighted by molar-refractivity contribution is 0.180. The molecule has 0 N–H and O–H groups in total. The van der Waals surface area contributed by atoms with Crippen LogP contribution in [0, 0.1) is 23.7 Å². The van der Waals surface area contributed by atoms with Crippen LogP contribution in [-0.4, -0.2) is 0 Å². The fraction of sp³-hybridized carbons (Fsp3) is 0.571. The van der Waals surface area contributed by atoms with Gasteiger partial charge < -0.3 is 0 Å². The van der Waals surface area contributed by atoms with Gasteiger partial charge in [0.2, 0.25) is 0 Å². The highest BCUT2D eigenvalue weighted by atomic mass is 14.4. The topological polar surface area (TPSA) is 0 Å². The Morgan fingerprint density at radius 2 is 1.57 bits per heavy atom. The van der Waals surface area contributed by atoms with Crippen LogP contribution in [0.4, 0.5) is 0 Å². The maximum absolute atomic E-state index is 2.48. The molecule has 0 spiro atoms. The zero-order valence-electron chi connectivity index (χ0n) is 8.60. The van der Waals surface area contributed by atoms with Crippen molar-refractivity contribution in [1.29, 1.82) is 0 Å². The zero-order chi connectivity index (χ0) is 9.38. The summed E-state index contributed by atoms with van der Waals surface area (Å²) in [7, 11) is 0. The monoisotopic (exact) mass is 186 g/mol. The van der Waals surface area contributed by atoms with E-state index < -0.39 is 0 Å². The van der Waals surface area contributed by atoms with Crippen LogP contribution < -0.4 is 0 Å². The minimum absolute atomic E-state index is 0.837. The summed E-state index contributed by atoms with van der Waals surface area (Å²) < 4.78 is 0. The van der Waals surface area contributed by atoms with Crippen molar-refractivity contribution in [2.24, 2.45) is 23.7 Å². The Balaban J connectivity index is 1.81. The Hall–Kier alpha value is -0.780. The van der Waals surface area contributed by atoms with Crippen molar-refractivity contribution < 1.29 is 0 Å². The molecule has 4 atom stereocenters. The predicted octanol–water partition coefficient (Wildman–Crippen LogP) is 3.72. The molecular formula is C14H18. The fourth-order valence-corrected chi connectivity index (χ4v) is 3.39. The first-order valence-corrected chi connectivity index (χ1v) is 5.95. The fourth-order valence-electron chi connectivity index (χ4n) is 3.39. The normalized spacial score (nSPS) is 44.6. The molecule has 3 rings (SSSR count). The van der Waals surface area contributed by atoms with Gasteiger partial charge in [0.15, 0.2) is 0 Å². The smallest absolute Gasteiger partial charge is 0.0161 e. The minimum Gasteiger partial charge on any atom is -0.0882 e. The molecule has 0 aliphatic heterocycles. The third-order valence-electron chi connectivity index (χ3n) is 4.19. The maximum Gasteiger partial charge on any atom is -0.0161 e. The van der Waals surface area contributed by atoms with Gasteiger partial charge in [0.1, 0.15) is 0 Å². The molecule has 0 radical (unpaired) electrons. The first-order chi connectivity index (χ1) is 6.93. The molecule has 0 aromatic heterocycles. The van der Waals surface area contributed by atoms with Crippen molar-refractivity contribution in [3.8, 4) is 0 Å². The summed E-state index contributed by atoms with van der Waals surface area (Å²) in [5.74, 6) is 3.57. The second-order valence-corrected chi connectivity index (χ2v) is 5.00. The minimum atomic E-state index is 0.837. The molecule has 74 valence electrons. The Labute approximate surface area is 86.4 Å². The van der Waals surface area contributed by atoms with Crippen molar-refractivity contribution in [1.82, 2.24) is 0 Å². The molecule has 3 aliphatic carbocycles. The van der Waals surface area contributed by atoms with Crippen LogP contribution in [0.15, 0.2) is 36.5 Å². The third kappa shape index (κ3) is 1.37. The predicted molar refractivity (Wildman–Crippen MR) is 59.8 cm³/mol. The van der Waals surface area contributed by atoms with Gasteiger partial charge in [0.25, 0.3) is 0 Å². The molecule has 0 nitrogen and oxygen atoms in total. The van der Waals surface area contributed by atoms with Crippen LogP contribution in [0.3, 0.4) is 0 Å². The Bertz CT molecular complexity index is 295. The van der Waals surface area contributed by atoms with Crippen LogP contribution in [0.1, 0.15) is 25.7 Å². The van der Waals surface area contributed by atoms with Crippen molar-refractivity contribution >= 4 is 0 Å². The summed E-state index contributed by atoms with van der Waals surface area (Å²) in [4.78, 5) is 0. The van der Waals surface area contributed by atoms with Gasteiger partial charge in [-0.05, 0) is 49.4 Å². The highest BCUT2D eigenvalue weighted by molar-refractivity contribution is 5.17. The second kappa shape index (κ2) is 3.42. The number of allylic oxidation sites excluding steroid dienone is 6. The lowest BCUT2D eigenvalue weighted by Gasteiger charge is -2.40. The summed E-state index contributed by atoms with van der Waals surface area (Å²) in [5, 5.41) is 0. The molecule has 4 unspecified atom stereocenters. The summed E-state index contributed by atoms with van der Waals surface area (Å²) in [6.07, 6.45) is 19.8. The van der Waals surface area contributed by atoms with Crippen molar-refractivity contribution in [3.63, 3.8) is 0 Å². The molecule has 0 heteroatoms. The molecule has 0 amide bonds. The number of rotatable bonds is 0. The van der Waals surface area contributed by atoms with E-state index >= 15 is 0 Å². The highest BCUT2D eigenvalue weighted by Crippen LogP contribution is 2.44. The van der Waals surface area contributed by atoms with E-state index in [1.165, 1.54) is 25.7 Å². The van der Waals surface area contributed by atoms with Gasteiger partial charge in [0, 0.05) is 0 Å². The second-order valence-electron chi connectivity index (χ2n) is 5.00. The van der Waals surface area contributed by atoms with Gasteiger partial charge in [-0.25, -0.2) is 0 Å². The molecule has 0 bridgehead atoms. The van der Waals surface area contributed by atoms with Gasteiger partial charge >= 0.3 is 0 Å². The first kappa shape index (κ1) is 8.52. The van der Waals surface area contributed by atoms with Gasteiger partial charge in [-0.15, -0.1) is 0 Å². The largest absolute Gasteiger partial charge is 0.0882 e. The van der Waals surface area contributed by atoms with Crippen molar-refractivity contribution in [3.05, 3.63) is 36.5 Å². The lowest BCUT2D eigenvalue weighted by atomic mass is 9.64. The van der Waals surface area contributed by atoms with E-state index in [2.05, 4.69) is 36.5 Å². The van der Waals surface area contributed by atoms with Gasteiger partial charge in [-0.1, -0.05) is 36.5 Å². The van der Waals surface area contributed by atoms with Crippen LogP contribution in [0.5, 0.6) is 0 Å². The summed E-state index contributed by atoms with van der Waals surface area (Å²) >= 11 is 0. The average Bonchev–Trinajstić information content (AvgIpc) is 2.26. The highest BCUT2D eigenvalue weighted by Gasteiger charge is 2.34. The van der Waals surface area contributed by atoms with Crippen molar-refractivity contribution in [2.45, 2.75) is 25.7 Å². The quantitative estimate of drug-likeness (QED) is 0.506. The summed E-state index contributed by atoms with van der Waals surface area (Å²) in [5.41, 5.74) is 0. The standard InChI is InChI=1S/C14H18/c1-2-6-12-10-14-8-4-3-7-13(14)9-11(12)5-1/h1-3,5-7,11-14H,4,8-10H2. The molecule has 0 aromatic rings. The van der Waals surface area contributed by atoms with E-state index in [9.17, 15) is 0 Å². The first-order valence-electron chi connectivity index (χ1n) is 5.95. The molecule has 1 saturated carbocycles. The van der Waals surface area contributed by atoms with E-state index in [0.717, 1.165) is 23.7 Å². The van der Waals surface area contributed by atoms with Crippen LogP contribution in [0.25, 0.3) is 0 Å². The average molecular weight is 186 g/mol. The van der Waals surface area contributed by atoms with E-state index in [-0.39, 0.29) is 0 Å². The van der Waals surface area contributed by atoms with Gasteiger partial charge in [-0.3, -0.25) is 0 Å². The maximum atomic E-state index is 2.48. The number of hydrogen-bond acceptors (Lipinski definition) is 0.